The van der Waals surface area contributed by atoms with Crippen molar-refractivity contribution in [2.24, 2.45) is 0 Å². The van der Waals surface area contributed by atoms with Gasteiger partial charge in [0.25, 0.3) is 5.91 Å². The van der Waals surface area contributed by atoms with Gasteiger partial charge in [0.05, 0.1) is 17.4 Å². The highest BCUT2D eigenvalue weighted by molar-refractivity contribution is 6.99. The second kappa shape index (κ2) is 6.22. The van der Waals surface area contributed by atoms with Gasteiger partial charge >= 0.3 is 0 Å². The first-order valence-corrected chi connectivity index (χ1v) is 7.41. The van der Waals surface area contributed by atoms with Gasteiger partial charge in [-0.15, -0.1) is 0 Å². The molecule has 0 aliphatic heterocycles. The average Bonchev–Trinajstić information content (AvgIpc) is 2.80. The molecule has 0 saturated heterocycles. The van der Waals surface area contributed by atoms with E-state index in [-0.39, 0.29) is 11.4 Å². The number of rotatable bonds is 4. The minimum atomic E-state index is -0.267. The predicted octanol–water partition coefficient (Wildman–Crippen LogP) is 2.95. The van der Waals surface area contributed by atoms with Gasteiger partial charge in [-0.05, 0) is 45.9 Å². The zero-order valence-corrected chi connectivity index (χ0v) is 13.5. The van der Waals surface area contributed by atoms with Crippen LogP contribution in [0, 0.1) is 6.92 Å². The van der Waals surface area contributed by atoms with Crippen LogP contribution in [-0.2, 0) is 6.61 Å². The second-order valence-electron chi connectivity index (χ2n) is 5.82. The van der Waals surface area contributed by atoms with Crippen molar-refractivity contribution in [1.82, 2.24) is 14.1 Å². The Bertz CT molecular complexity index is 632. The summed E-state index contributed by atoms with van der Waals surface area (Å²) in [5.41, 5.74) is 2.01. The maximum absolute atomic E-state index is 12.1. The SMILES string of the molecule is Cc1nsnc1COc1cccc(C(=O)NC(C)(C)C)c1. The topological polar surface area (TPSA) is 64.1 Å². The molecule has 112 valence electrons. The highest BCUT2D eigenvalue weighted by Gasteiger charge is 2.15. The van der Waals surface area contributed by atoms with E-state index in [0.29, 0.717) is 17.9 Å². The van der Waals surface area contributed by atoms with Gasteiger partial charge in [-0.1, -0.05) is 6.07 Å². The van der Waals surface area contributed by atoms with Crippen LogP contribution in [0.15, 0.2) is 24.3 Å². The van der Waals surface area contributed by atoms with Crippen molar-refractivity contribution in [3.8, 4) is 5.75 Å². The smallest absolute Gasteiger partial charge is 0.251 e. The molecule has 1 N–H and O–H groups in total. The lowest BCUT2D eigenvalue weighted by Crippen LogP contribution is -2.40. The van der Waals surface area contributed by atoms with Crippen LogP contribution >= 0.6 is 11.7 Å². The van der Waals surface area contributed by atoms with Crippen LogP contribution in [0.4, 0.5) is 0 Å². The van der Waals surface area contributed by atoms with Crippen molar-refractivity contribution < 1.29 is 9.53 Å². The second-order valence-corrected chi connectivity index (χ2v) is 6.35. The van der Waals surface area contributed by atoms with Gasteiger partial charge in [0.15, 0.2) is 0 Å². The number of aryl methyl sites for hydroxylation is 1. The summed E-state index contributed by atoms with van der Waals surface area (Å²) >= 11 is 1.17. The molecule has 0 spiro atoms. The number of amides is 1. The molecule has 0 radical (unpaired) electrons. The van der Waals surface area contributed by atoms with Crippen molar-refractivity contribution in [3.05, 3.63) is 41.2 Å². The summed E-state index contributed by atoms with van der Waals surface area (Å²) in [6.45, 7) is 8.10. The highest BCUT2D eigenvalue weighted by atomic mass is 32.1. The minimum Gasteiger partial charge on any atom is -0.487 e. The van der Waals surface area contributed by atoms with Crippen LogP contribution < -0.4 is 10.1 Å². The van der Waals surface area contributed by atoms with Gasteiger partial charge in [0, 0.05) is 11.1 Å². The van der Waals surface area contributed by atoms with E-state index in [4.69, 9.17) is 4.74 Å². The molecule has 1 aromatic carbocycles. The Hall–Kier alpha value is -1.95. The molecule has 1 amide bonds. The number of nitrogens with one attached hydrogen (secondary N) is 1. The van der Waals surface area contributed by atoms with Gasteiger partial charge < -0.3 is 10.1 Å². The van der Waals surface area contributed by atoms with E-state index < -0.39 is 0 Å². The van der Waals surface area contributed by atoms with Crippen molar-refractivity contribution in [2.45, 2.75) is 39.8 Å². The van der Waals surface area contributed by atoms with E-state index in [2.05, 4.69) is 14.1 Å². The number of hydrogen-bond acceptors (Lipinski definition) is 5. The Morgan fingerprint density at radius 3 is 2.71 bits per heavy atom. The van der Waals surface area contributed by atoms with E-state index >= 15 is 0 Å². The summed E-state index contributed by atoms with van der Waals surface area (Å²) in [4.78, 5) is 12.1. The molecule has 0 aliphatic rings. The Balaban J connectivity index is 2.04. The average molecular weight is 305 g/mol. The molecule has 0 unspecified atom stereocenters. The molecule has 1 heterocycles. The lowest BCUT2D eigenvalue weighted by atomic mass is 10.1. The number of hydrogen-bond donors (Lipinski definition) is 1. The van der Waals surface area contributed by atoms with E-state index in [1.165, 1.54) is 11.7 Å². The van der Waals surface area contributed by atoms with Crippen molar-refractivity contribution >= 4 is 17.6 Å². The molecular formula is C15H19N3O2S. The fourth-order valence-electron chi connectivity index (χ4n) is 1.67. The van der Waals surface area contributed by atoms with Gasteiger partial charge in [0.1, 0.15) is 18.1 Å². The molecular weight excluding hydrogens is 286 g/mol. The monoisotopic (exact) mass is 305 g/mol. The normalized spacial score (nSPS) is 11.2. The first-order chi connectivity index (χ1) is 9.85. The molecule has 2 aromatic rings. The summed E-state index contributed by atoms with van der Waals surface area (Å²) < 4.78 is 13.9. The Labute approximate surface area is 128 Å². The minimum absolute atomic E-state index is 0.112. The Morgan fingerprint density at radius 2 is 2.10 bits per heavy atom. The highest BCUT2D eigenvalue weighted by Crippen LogP contribution is 2.16. The first-order valence-electron chi connectivity index (χ1n) is 6.68. The largest absolute Gasteiger partial charge is 0.487 e. The zero-order valence-electron chi connectivity index (χ0n) is 12.6. The van der Waals surface area contributed by atoms with Crippen LogP contribution in [0.2, 0.25) is 0 Å². The summed E-state index contributed by atoms with van der Waals surface area (Å²) in [7, 11) is 0. The summed E-state index contributed by atoms with van der Waals surface area (Å²) in [5, 5.41) is 2.93. The fourth-order valence-corrected chi connectivity index (χ4v) is 2.22. The van der Waals surface area contributed by atoms with E-state index in [1.54, 1.807) is 18.2 Å². The lowest BCUT2D eigenvalue weighted by molar-refractivity contribution is 0.0919. The molecule has 2 rings (SSSR count). The molecule has 5 nitrogen and oxygen atoms in total. The number of ether oxygens (including phenoxy) is 1. The van der Waals surface area contributed by atoms with E-state index in [0.717, 1.165) is 11.4 Å². The molecule has 21 heavy (non-hydrogen) atoms. The molecule has 0 bridgehead atoms. The quantitative estimate of drug-likeness (QED) is 0.943. The standard InChI is InChI=1S/C15H19N3O2S/c1-10-13(18-21-17-10)9-20-12-7-5-6-11(8-12)14(19)16-15(2,3)4/h5-8H,9H2,1-4H3,(H,16,19). The predicted molar refractivity (Wildman–Crippen MR) is 82.6 cm³/mol. The molecule has 0 atom stereocenters. The van der Waals surface area contributed by atoms with Crippen LogP contribution in [0.1, 0.15) is 42.5 Å². The molecule has 0 aliphatic carbocycles. The lowest BCUT2D eigenvalue weighted by Gasteiger charge is -2.20. The number of aromatic nitrogens is 2. The maximum Gasteiger partial charge on any atom is 0.251 e. The van der Waals surface area contributed by atoms with Crippen LogP contribution in [0.3, 0.4) is 0 Å². The van der Waals surface area contributed by atoms with Gasteiger partial charge in [-0.3, -0.25) is 4.79 Å². The Morgan fingerprint density at radius 1 is 1.33 bits per heavy atom. The number of carbonyl (C=O) groups excluding carboxylic acids is 1. The molecule has 0 fully saturated rings. The van der Waals surface area contributed by atoms with Crippen LogP contribution in [0.5, 0.6) is 5.75 Å². The summed E-state index contributed by atoms with van der Waals surface area (Å²) in [6, 6.07) is 7.13. The van der Waals surface area contributed by atoms with Crippen molar-refractivity contribution in [2.75, 3.05) is 0 Å². The third kappa shape index (κ3) is 4.53. The number of nitrogens with zero attached hydrogens (tertiary/aromatic N) is 2. The summed E-state index contributed by atoms with van der Waals surface area (Å²) in [6.07, 6.45) is 0. The van der Waals surface area contributed by atoms with Gasteiger partial charge in [-0.2, -0.15) is 8.75 Å². The number of benzene rings is 1. The van der Waals surface area contributed by atoms with E-state index in [9.17, 15) is 4.79 Å². The first kappa shape index (κ1) is 15.4. The van der Waals surface area contributed by atoms with Crippen LogP contribution in [-0.4, -0.2) is 20.2 Å². The fraction of sp³-hybridized carbons (Fsp3) is 0.400. The molecule has 6 heteroatoms. The molecule has 0 saturated carbocycles. The van der Waals surface area contributed by atoms with Crippen LogP contribution in [0.25, 0.3) is 0 Å². The summed E-state index contributed by atoms with van der Waals surface area (Å²) in [5.74, 6) is 0.531. The Kier molecular flexibility index (Phi) is 4.57. The van der Waals surface area contributed by atoms with Gasteiger partial charge in [0.2, 0.25) is 0 Å². The zero-order chi connectivity index (χ0) is 15.5. The van der Waals surface area contributed by atoms with E-state index in [1.807, 2.05) is 33.8 Å². The van der Waals surface area contributed by atoms with Crippen molar-refractivity contribution in [1.29, 1.82) is 0 Å². The van der Waals surface area contributed by atoms with Gasteiger partial charge in [-0.25, -0.2) is 0 Å². The third-order valence-electron chi connectivity index (χ3n) is 2.71. The third-order valence-corrected chi connectivity index (χ3v) is 3.36. The van der Waals surface area contributed by atoms with Crippen molar-refractivity contribution in [3.63, 3.8) is 0 Å². The molecule has 1 aromatic heterocycles. The maximum atomic E-state index is 12.1. The number of carbonyl (C=O) groups is 1.